The number of piperidine rings is 1. The van der Waals surface area contributed by atoms with Gasteiger partial charge in [0.25, 0.3) is 0 Å². The lowest BCUT2D eigenvalue weighted by Gasteiger charge is -2.28. The predicted octanol–water partition coefficient (Wildman–Crippen LogP) is 0.514. The number of hydrogen-bond donors (Lipinski definition) is 2. The number of rotatable bonds is 1. The topological polar surface area (TPSA) is 50.1 Å². The van der Waals surface area contributed by atoms with E-state index in [9.17, 15) is 5.11 Å². The van der Waals surface area contributed by atoms with Gasteiger partial charge in [0, 0.05) is 18.9 Å². The molecule has 2 unspecified atom stereocenters. The van der Waals surface area contributed by atoms with Gasteiger partial charge in [-0.15, -0.1) is 0 Å². The quantitative estimate of drug-likeness (QED) is 0.686. The first-order chi connectivity index (χ1) is 6.70. The Bertz CT molecular complexity index is 321. The van der Waals surface area contributed by atoms with Gasteiger partial charge in [-0.3, -0.25) is 0 Å². The molecule has 4 nitrogen and oxygen atoms in total. The van der Waals surface area contributed by atoms with Crippen molar-refractivity contribution in [2.24, 2.45) is 7.05 Å². The van der Waals surface area contributed by atoms with Crippen LogP contribution >= 0.6 is 0 Å². The molecule has 14 heavy (non-hydrogen) atoms. The second-order valence-electron chi connectivity index (χ2n) is 3.96. The smallest absolute Gasteiger partial charge is 0.128 e. The molecule has 1 aliphatic rings. The van der Waals surface area contributed by atoms with E-state index in [1.807, 2.05) is 24.7 Å². The normalized spacial score (nSPS) is 27.9. The molecule has 2 heterocycles. The summed E-state index contributed by atoms with van der Waals surface area (Å²) in [6.45, 7) is 2.99. The lowest BCUT2D eigenvalue weighted by Crippen LogP contribution is -2.39. The van der Waals surface area contributed by atoms with E-state index >= 15 is 0 Å². The van der Waals surface area contributed by atoms with Gasteiger partial charge in [-0.1, -0.05) is 0 Å². The Hall–Kier alpha value is -0.870. The number of aliphatic hydroxyl groups is 1. The number of nitrogens with zero attached hydrogens (tertiary/aromatic N) is 2. The molecule has 0 radical (unpaired) electrons. The van der Waals surface area contributed by atoms with E-state index in [-0.39, 0.29) is 12.1 Å². The molecule has 1 saturated heterocycles. The third-order valence-electron chi connectivity index (χ3n) is 2.96. The van der Waals surface area contributed by atoms with E-state index in [4.69, 9.17) is 0 Å². The highest BCUT2D eigenvalue weighted by Crippen LogP contribution is 2.22. The zero-order valence-electron chi connectivity index (χ0n) is 8.70. The fourth-order valence-corrected chi connectivity index (χ4v) is 1.94. The van der Waals surface area contributed by atoms with Crippen LogP contribution in [0.15, 0.2) is 6.20 Å². The number of hydrogen-bond acceptors (Lipinski definition) is 3. The van der Waals surface area contributed by atoms with Crippen LogP contribution in [-0.4, -0.2) is 27.3 Å². The first kappa shape index (κ1) is 9.68. The average Bonchev–Trinajstić information content (AvgIpc) is 2.49. The molecular weight excluding hydrogens is 178 g/mol. The third-order valence-corrected chi connectivity index (χ3v) is 2.96. The largest absolute Gasteiger partial charge is 0.391 e. The summed E-state index contributed by atoms with van der Waals surface area (Å²) < 4.78 is 2.03. The molecular formula is C10H17N3O. The summed E-state index contributed by atoms with van der Waals surface area (Å²) in [6, 6.07) is 0.00227. The molecule has 0 saturated carbocycles. The summed E-state index contributed by atoms with van der Waals surface area (Å²) in [7, 11) is 1.99. The van der Waals surface area contributed by atoms with Crippen LogP contribution in [0.1, 0.15) is 30.4 Å². The van der Waals surface area contributed by atoms with Crippen LogP contribution in [0, 0.1) is 6.92 Å². The van der Waals surface area contributed by atoms with Gasteiger partial charge in [0.1, 0.15) is 5.82 Å². The van der Waals surface area contributed by atoms with Gasteiger partial charge in [-0.2, -0.15) is 0 Å². The maximum Gasteiger partial charge on any atom is 0.128 e. The van der Waals surface area contributed by atoms with Crippen molar-refractivity contribution in [2.45, 2.75) is 31.9 Å². The highest BCUT2D eigenvalue weighted by molar-refractivity contribution is 5.09. The van der Waals surface area contributed by atoms with Crippen LogP contribution in [0.3, 0.4) is 0 Å². The molecule has 4 heteroatoms. The Kier molecular flexibility index (Phi) is 2.56. The maximum absolute atomic E-state index is 9.84. The number of aliphatic hydroxyl groups excluding tert-OH is 1. The molecule has 1 aromatic heterocycles. The Morgan fingerprint density at radius 1 is 1.64 bits per heavy atom. The van der Waals surface area contributed by atoms with Crippen molar-refractivity contribution in [3.63, 3.8) is 0 Å². The van der Waals surface area contributed by atoms with Crippen LogP contribution in [0.25, 0.3) is 0 Å². The highest BCUT2D eigenvalue weighted by Gasteiger charge is 2.27. The standard InChI is InChI=1S/C10H17N3O/c1-7-6-12-10(13(7)2)9-8(14)4-3-5-11-9/h6,8-9,11,14H,3-5H2,1-2H3. The number of nitrogens with one attached hydrogen (secondary N) is 1. The number of aromatic nitrogens is 2. The highest BCUT2D eigenvalue weighted by atomic mass is 16.3. The second kappa shape index (κ2) is 3.71. The van der Waals surface area contributed by atoms with Crippen LogP contribution in [0.4, 0.5) is 0 Å². The summed E-state index contributed by atoms with van der Waals surface area (Å²) in [6.07, 6.45) is 3.45. The van der Waals surface area contributed by atoms with Crippen molar-refractivity contribution < 1.29 is 5.11 Å². The van der Waals surface area contributed by atoms with Gasteiger partial charge >= 0.3 is 0 Å². The minimum Gasteiger partial charge on any atom is -0.391 e. The van der Waals surface area contributed by atoms with E-state index in [2.05, 4.69) is 10.3 Å². The Morgan fingerprint density at radius 2 is 2.43 bits per heavy atom. The Morgan fingerprint density at radius 3 is 3.00 bits per heavy atom. The van der Waals surface area contributed by atoms with Crippen molar-refractivity contribution in [2.75, 3.05) is 6.54 Å². The average molecular weight is 195 g/mol. The minimum atomic E-state index is -0.302. The zero-order chi connectivity index (χ0) is 10.1. The van der Waals surface area contributed by atoms with Gasteiger partial charge in [0.05, 0.1) is 12.1 Å². The molecule has 2 N–H and O–H groups in total. The molecule has 78 valence electrons. The minimum absolute atomic E-state index is 0.00227. The number of aryl methyl sites for hydroxylation is 1. The lowest BCUT2D eigenvalue weighted by atomic mass is 10.0. The Balaban J connectivity index is 2.24. The van der Waals surface area contributed by atoms with Gasteiger partial charge < -0.3 is 15.0 Å². The van der Waals surface area contributed by atoms with E-state index in [0.29, 0.717) is 0 Å². The van der Waals surface area contributed by atoms with Gasteiger partial charge in [-0.25, -0.2) is 4.98 Å². The van der Waals surface area contributed by atoms with Crippen LogP contribution in [0.2, 0.25) is 0 Å². The van der Waals surface area contributed by atoms with Crippen LogP contribution in [-0.2, 0) is 7.05 Å². The van der Waals surface area contributed by atoms with Crippen molar-refractivity contribution in [3.05, 3.63) is 17.7 Å². The number of imidazole rings is 1. The van der Waals surface area contributed by atoms with E-state index in [0.717, 1.165) is 30.9 Å². The van der Waals surface area contributed by atoms with Crippen molar-refractivity contribution in [3.8, 4) is 0 Å². The molecule has 0 bridgehead atoms. The van der Waals surface area contributed by atoms with Crippen molar-refractivity contribution >= 4 is 0 Å². The van der Waals surface area contributed by atoms with Crippen molar-refractivity contribution in [1.29, 1.82) is 0 Å². The van der Waals surface area contributed by atoms with E-state index in [1.165, 1.54) is 0 Å². The Labute approximate surface area is 84.0 Å². The van der Waals surface area contributed by atoms with Gasteiger partial charge in [0.15, 0.2) is 0 Å². The summed E-state index contributed by atoms with van der Waals surface area (Å²) in [5, 5.41) is 13.1. The third kappa shape index (κ3) is 1.55. The predicted molar refractivity (Wildman–Crippen MR) is 53.9 cm³/mol. The van der Waals surface area contributed by atoms with E-state index in [1.54, 1.807) is 0 Å². The molecule has 1 aliphatic heterocycles. The van der Waals surface area contributed by atoms with Gasteiger partial charge in [-0.05, 0) is 26.3 Å². The van der Waals surface area contributed by atoms with E-state index < -0.39 is 0 Å². The maximum atomic E-state index is 9.84. The SMILES string of the molecule is Cc1cnc(C2NCCCC2O)n1C. The summed E-state index contributed by atoms with van der Waals surface area (Å²) in [4.78, 5) is 4.33. The first-order valence-electron chi connectivity index (χ1n) is 5.10. The zero-order valence-corrected chi connectivity index (χ0v) is 8.70. The molecule has 2 rings (SSSR count). The molecule has 1 aromatic rings. The summed E-state index contributed by atoms with van der Waals surface area (Å²) in [5.41, 5.74) is 1.12. The lowest BCUT2D eigenvalue weighted by molar-refractivity contribution is 0.0914. The van der Waals surface area contributed by atoms with Gasteiger partial charge in [0.2, 0.25) is 0 Å². The van der Waals surface area contributed by atoms with Crippen LogP contribution in [0.5, 0.6) is 0 Å². The molecule has 0 amide bonds. The molecule has 0 spiro atoms. The fraction of sp³-hybridized carbons (Fsp3) is 0.700. The summed E-state index contributed by atoms with van der Waals surface area (Å²) >= 11 is 0. The molecule has 2 atom stereocenters. The fourth-order valence-electron chi connectivity index (χ4n) is 1.94. The molecule has 0 aromatic carbocycles. The van der Waals surface area contributed by atoms with Crippen LogP contribution < -0.4 is 5.32 Å². The van der Waals surface area contributed by atoms with Crippen molar-refractivity contribution in [1.82, 2.24) is 14.9 Å². The second-order valence-corrected chi connectivity index (χ2v) is 3.96. The molecule has 1 fully saturated rings. The summed E-state index contributed by atoms with van der Waals surface area (Å²) in [5.74, 6) is 0.940. The first-order valence-corrected chi connectivity index (χ1v) is 5.10. The molecule has 0 aliphatic carbocycles. The monoisotopic (exact) mass is 195 g/mol.